The average Bonchev–Trinajstić information content (AvgIpc) is 2.46. The molecule has 2 N–H and O–H groups in total. The maximum Gasteiger partial charge on any atom is 0.230 e. The van der Waals surface area contributed by atoms with E-state index in [0.717, 1.165) is 44.3 Å². The zero-order valence-corrected chi connectivity index (χ0v) is 13.1. The van der Waals surface area contributed by atoms with Gasteiger partial charge >= 0.3 is 0 Å². The van der Waals surface area contributed by atoms with E-state index in [9.17, 15) is 4.79 Å². The Morgan fingerprint density at radius 2 is 1.90 bits per heavy atom. The molecule has 3 nitrogen and oxygen atoms in total. The number of carbonyl (C=O) groups is 1. The number of nitrogens with zero attached hydrogens (tertiary/aromatic N) is 1. The highest BCUT2D eigenvalue weighted by Gasteiger charge is 2.24. The standard InChI is InChI=1S/C17H28N2O/c1-4-7-10-14(6-3)17(20)19(13-5-2)16-12-9-8-11-15(16)18/h8-9,11-12,14H,4-7,10,13,18H2,1-3H3. The Balaban J connectivity index is 2.94. The van der Waals surface area contributed by atoms with Crippen LogP contribution in [0.4, 0.5) is 11.4 Å². The summed E-state index contributed by atoms with van der Waals surface area (Å²) < 4.78 is 0. The van der Waals surface area contributed by atoms with Crippen molar-refractivity contribution in [1.29, 1.82) is 0 Å². The number of benzene rings is 1. The molecule has 0 fully saturated rings. The van der Waals surface area contributed by atoms with Crippen molar-refractivity contribution in [1.82, 2.24) is 0 Å². The molecule has 0 spiro atoms. The molecule has 0 aromatic heterocycles. The summed E-state index contributed by atoms with van der Waals surface area (Å²) in [5, 5.41) is 0. The van der Waals surface area contributed by atoms with E-state index in [1.54, 1.807) is 0 Å². The minimum absolute atomic E-state index is 0.112. The van der Waals surface area contributed by atoms with Crippen molar-refractivity contribution in [3.8, 4) is 0 Å². The monoisotopic (exact) mass is 276 g/mol. The average molecular weight is 276 g/mol. The summed E-state index contributed by atoms with van der Waals surface area (Å²) in [5.41, 5.74) is 7.57. The highest BCUT2D eigenvalue weighted by molar-refractivity contribution is 5.97. The quantitative estimate of drug-likeness (QED) is 0.722. The third-order valence-corrected chi connectivity index (χ3v) is 3.69. The van der Waals surface area contributed by atoms with E-state index in [4.69, 9.17) is 5.73 Å². The van der Waals surface area contributed by atoms with E-state index >= 15 is 0 Å². The summed E-state index contributed by atoms with van der Waals surface area (Å²) in [6.45, 7) is 7.08. The lowest BCUT2D eigenvalue weighted by molar-refractivity contribution is -0.122. The Kier molecular flexibility index (Phi) is 7.13. The zero-order chi connectivity index (χ0) is 15.0. The fourth-order valence-corrected chi connectivity index (χ4v) is 2.48. The molecule has 3 heteroatoms. The van der Waals surface area contributed by atoms with Gasteiger partial charge in [-0.25, -0.2) is 0 Å². The van der Waals surface area contributed by atoms with E-state index in [1.807, 2.05) is 29.2 Å². The Morgan fingerprint density at radius 3 is 2.45 bits per heavy atom. The summed E-state index contributed by atoms with van der Waals surface area (Å²) in [4.78, 5) is 14.7. The molecular weight excluding hydrogens is 248 g/mol. The van der Waals surface area contributed by atoms with Gasteiger partial charge in [0, 0.05) is 12.5 Å². The number of carbonyl (C=O) groups excluding carboxylic acids is 1. The molecule has 1 aromatic carbocycles. The van der Waals surface area contributed by atoms with E-state index in [-0.39, 0.29) is 11.8 Å². The van der Waals surface area contributed by atoms with Gasteiger partial charge in [-0.05, 0) is 31.4 Å². The lowest BCUT2D eigenvalue weighted by Crippen LogP contribution is -2.37. The van der Waals surface area contributed by atoms with Crippen LogP contribution in [0.25, 0.3) is 0 Å². The number of unbranched alkanes of at least 4 members (excludes halogenated alkanes) is 1. The number of hydrogen-bond donors (Lipinski definition) is 1. The van der Waals surface area contributed by atoms with Crippen molar-refractivity contribution < 1.29 is 4.79 Å². The summed E-state index contributed by atoms with van der Waals surface area (Å²) in [6, 6.07) is 7.64. The SMILES string of the molecule is CCCCC(CC)C(=O)N(CCC)c1ccccc1N. The fraction of sp³-hybridized carbons (Fsp3) is 0.588. The molecule has 0 saturated carbocycles. The van der Waals surface area contributed by atoms with Crippen molar-refractivity contribution in [3.63, 3.8) is 0 Å². The first-order valence-corrected chi connectivity index (χ1v) is 7.81. The van der Waals surface area contributed by atoms with Crippen LogP contribution in [0, 0.1) is 5.92 Å². The molecule has 0 aliphatic carbocycles. The van der Waals surface area contributed by atoms with E-state index in [1.165, 1.54) is 0 Å². The van der Waals surface area contributed by atoms with Gasteiger partial charge in [0.1, 0.15) is 0 Å². The van der Waals surface area contributed by atoms with Crippen LogP contribution in [0.3, 0.4) is 0 Å². The molecule has 1 aromatic rings. The Labute approximate surface area is 123 Å². The number of nitrogen functional groups attached to an aromatic ring is 1. The van der Waals surface area contributed by atoms with Gasteiger partial charge in [-0.1, -0.05) is 45.7 Å². The normalized spacial score (nSPS) is 12.2. The molecule has 0 aliphatic rings. The Hall–Kier alpha value is -1.51. The van der Waals surface area contributed by atoms with Crippen LogP contribution in [0.15, 0.2) is 24.3 Å². The third-order valence-electron chi connectivity index (χ3n) is 3.69. The Bertz CT molecular complexity index is 417. The van der Waals surface area contributed by atoms with Gasteiger partial charge in [-0.3, -0.25) is 4.79 Å². The number of anilines is 2. The van der Waals surface area contributed by atoms with E-state index in [2.05, 4.69) is 20.8 Å². The van der Waals surface area contributed by atoms with Crippen molar-refractivity contribution >= 4 is 17.3 Å². The molecule has 0 saturated heterocycles. The van der Waals surface area contributed by atoms with E-state index < -0.39 is 0 Å². The first-order valence-electron chi connectivity index (χ1n) is 7.81. The van der Waals surface area contributed by atoms with Crippen molar-refractivity contribution in [3.05, 3.63) is 24.3 Å². The molecule has 1 unspecified atom stereocenters. The smallest absolute Gasteiger partial charge is 0.230 e. The van der Waals surface area contributed by atoms with Crippen LogP contribution >= 0.6 is 0 Å². The first-order chi connectivity index (χ1) is 9.65. The second-order valence-electron chi connectivity index (χ2n) is 5.30. The number of amides is 1. The largest absolute Gasteiger partial charge is 0.397 e. The van der Waals surface area contributed by atoms with Gasteiger partial charge in [-0.15, -0.1) is 0 Å². The number of rotatable bonds is 8. The van der Waals surface area contributed by atoms with Gasteiger partial charge < -0.3 is 10.6 Å². The third kappa shape index (κ3) is 4.26. The lowest BCUT2D eigenvalue weighted by Gasteiger charge is -2.27. The molecule has 0 radical (unpaired) electrons. The molecule has 0 bridgehead atoms. The van der Waals surface area contributed by atoms with Crippen LogP contribution in [-0.4, -0.2) is 12.5 Å². The highest BCUT2D eigenvalue weighted by Crippen LogP contribution is 2.26. The molecular formula is C17H28N2O. The summed E-state index contributed by atoms with van der Waals surface area (Å²) in [6.07, 6.45) is 5.04. The predicted molar refractivity (Wildman–Crippen MR) is 86.8 cm³/mol. The number of nitrogens with two attached hydrogens (primary N) is 1. The molecule has 1 amide bonds. The maximum absolute atomic E-state index is 12.8. The maximum atomic E-state index is 12.8. The predicted octanol–water partition coefficient (Wildman–Crippen LogP) is 4.23. The molecule has 1 atom stereocenters. The second-order valence-corrected chi connectivity index (χ2v) is 5.30. The van der Waals surface area contributed by atoms with Crippen LogP contribution < -0.4 is 10.6 Å². The number of para-hydroxylation sites is 2. The number of hydrogen-bond acceptors (Lipinski definition) is 2. The molecule has 1 rings (SSSR count). The summed E-state index contributed by atoms with van der Waals surface area (Å²) >= 11 is 0. The topological polar surface area (TPSA) is 46.3 Å². The molecule has 112 valence electrons. The lowest BCUT2D eigenvalue weighted by atomic mass is 9.97. The van der Waals surface area contributed by atoms with Gasteiger partial charge in [0.15, 0.2) is 0 Å². The van der Waals surface area contributed by atoms with Crippen LogP contribution in [-0.2, 0) is 4.79 Å². The second kappa shape index (κ2) is 8.62. The summed E-state index contributed by atoms with van der Waals surface area (Å²) in [5.74, 6) is 0.335. The van der Waals surface area contributed by atoms with E-state index in [0.29, 0.717) is 5.69 Å². The fourth-order valence-electron chi connectivity index (χ4n) is 2.48. The highest BCUT2D eigenvalue weighted by atomic mass is 16.2. The van der Waals surface area contributed by atoms with Crippen LogP contribution in [0.2, 0.25) is 0 Å². The van der Waals surface area contributed by atoms with Gasteiger partial charge in [0.25, 0.3) is 0 Å². The zero-order valence-electron chi connectivity index (χ0n) is 13.1. The molecule has 20 heavy (non-hydrogen) atoms. The Morgan fingerprint density at radius 1 is 1.20 bits per heavy atom. The van der Waals surface area contributed by atoms with Crippen molar-refractivity contribution in [2.24, 2.45) is 5.92 Å². The molecule has 0 aliphatic heterocycles. The minimum Gasteiger partial charge on any atom is -0.397 e. The van der Waals surface area contributed by atoms with Gasteiger partial charge in [0.05, 0.1) is 11.4 Å². The van der Waals surface area contributed by atoms with Gasteiger partial charge in [-0.2, -0.15) is 0 Å². The van der Waals surface area contributed by atoms with Crippen LogP contribution in [0.5, 0.6) is 0 Å². The minimum atomic E-state index is 0.112. The van der Waals surface area contributed by atoms with Gasteiger partial charge in [0.2, 0.25) is 5.91 Å². The van der Waals surface area contributed by atoms with Crippen LogP contribution in [0.1, 0.15) is 52.9 Å². The first kappa shape index (κ1) is 16.5. The summed E-state index contributed by atoms with van der Waals surface area (Å²) in [7, 11) is 0. The molecule has 0 heterocycles. The van der Waals surface area contributed by atoms with Crippen molar-refractivity contribution in [2.75, 3.05) is 17.2 Å². The van der Waals surface area contributed by atoms with Crippen molar-refractivity contribution in [2.45, 2.75) is 52.9 Å².